The summed E-state index contributed by atoms with van der Waals surface area (Å²) in [4.78, 5) is -3.02. The highest BCUT2D eigenvalue weighted by Gasteiger charge is 2.84. The number of hydrogen-bond acceptors (Lipinski definition) is 2. The van der Waals surface area contributed by atoms with Gasteiger partial charge in [0.2, 0.25) is 0 Å². The van der Waals surface area contributed by atoms with Crippen LogP contribution in [0.5, 0.6) is 0 Å². The minimum atomic E-state index is -6.48. The Labute approximate surface area is 95.6 Å². The lowest BCUT2D eigenvalue weighted by Crippen LogP contribution is -2.73. The first-order valence-electron chi connectivity index (χ1n) is 3.91. The van der Waals surface area contributed by atoms with Gasteiger partial charge in [0, 0.05) is 0 Å². The molecule has 0 bridgehead atoms. The van der Waals surface area contributed by atoms with Gasteiger partial charge in [0.25, 0.3) is 5.95 Å². The Balaban J connectivity index is 3.55. The Hall–Kier alpha value is -1.27. The molecule has 0 amide bonds. The van der Waals surface area contributed by atoms with Gasteiger partial charge in [-0.25, -0.2) is 9.64 Å². The molecule has 0 aromatic heterocycles. The lowest BCUT2D eigenvalue weighted by Gasteiger charge is -2.46. The van der Waals surface area contributed by atoms with Crippen molar-refractivity contribution in [3.63, 3.8) is 0 Å². The third kappa shape index (κ3) is 1.99. The molecule has 0 aromatic rings. The SMILES string of the molecule is FC(F)=C(F)N1C(F)(F)C(F)(F)OC(F)(F)C1(F)F. The van der Waals surface area contributed by atoms with Gasteiger partial charge >= 0.3 is 30.4 Å². The molecule has 1 fully saturated rings. The first kappa shape index (κ1) is 15.8. The van der Waals surface area contributed by atoms with Gasteiger partial charge in [0.1, 0.15) is 0 Å². The van der Waals surface area contributed by atoms with Crippen LogP contribution < -0.4 is 0 Å². The average molecular weight is 311 g/mol. The second-order valence-electron chi connectivity index (χ2n) is 3.10. The van der Waals surface area contributed by atoms with Crippen LogP contribution in [0, 0.1) is 0 Å². The minimum absolute atomic E-state index is 1.91. The van der Waals surface area contributed by atoms with E-state index in [-0.39, 0.29) is 0 Å². The molecule has 0 atom stereocenters. The molecule has 112 valence electrons. The molecule has 0 saturated carbocycles. The van der Waals surface area contributed by atoms with E-state index in [4.69, 9.17) is 0 Å². The third-order valence-electron chi connectivity index (χ3n) is 1.87. The standard InChI is InChI=1S/C6F11NO/c7-1(8)2(9)18-3(10,11)5(14,15)19-6(16,17)4(18,12)13. The van der Waals surface area contributed by atoms with E-state index >= 15 is 0 Å². The molecule has 13 heteroatoms. The second kappa shape index (κ2) is 3.86. The highest BCUT2D eigenvalue weighted by atomic mass is 19.4. The van der Waals surface area contributed by atoms with Gasteiger partial charge in [-0.3, -0.25) is 0 Å². The van der Waals surface area contributed by atoms with Gasteiger partial charge < -0.3 is 0 Å². The largest absolute Gasteiger partial charge is 0.445 e. The predicted molar refractivity (Wildman–Crippen MR) is 33.1 cm³/mol. The molecule has 1 saturated heterocycles. The van der Waals surface area contributed by atoms with Crippen molar-refractivity contribution in [3.05, 3.63) is 12.0 Å². The van der Waals surface area contributed by atoms with Crippen LogP contribution in [-0.4, -0.2) is 29.2 Å². The van der Waals surface area contributed by atoms with E-state index in [0.717, 1.165) is 0 Å². The Kier molecular flexibility index (Phi) is 3.21. The summed E-state index contributed by atoms with van der Waals surface area (Å²) in [6, 6.07) is -13.0. The van der Waals surface area contributed by atoms with E-state index < -0.39 is 41.2 Å². The van der Waals surface area contributed by atoms with Crippen LogP contribution in [-0.2, 0) is 4.74 Å². The fourth-order valence-electron chi connectivity index (χ4n) is 1.05. The van der Waals surface area contributed by atoms with E-state index in [1.165, 1.54) is 0 Å². The van der Waals surface area contributed by atoms with Crippen LogP contribution in [0.1, 0.15) is 0 Å². The van der Waals surface area contributed by atoms with Crippen LogP contribution in [0.4, 0.5) is 48.3 Å². The molecule has 0 unspecified atom stereocenters. The molecule has 0 N–H and O–H groups in total. The predicted octanol–water partition coefficient (Wildman–Crippen LogP) is 3.72. The fraction of sp³-hybridized carbons (Fsp3) is 0.667. The van der Waals surface area contributed by atoms with Crippen LogP contribution in [0.25, 0.3) is 0 Å². The zero-order chi connectivity index (χ0) is 15.4. The molecule has 1 aliphatic rings. The van der Waals surface area contributed by atoms with E-state index in [1.54, 1.807) is 0 Å². The maximum Gasteiger partial charge on any atom is 0.445 e. The molecule has 0 radical (unpaired) electrons. The molecular formula is C6F11NO. The molecule has 1 aliphatic heterocycles. The summed E-state index contributed by atoms with van der Waals surface area (Å²) in [6.45, 7) is 0. The number of ether oxygens (including phenoxy) is 1. The molecule has 1 rings (SSSR count). The van der Waals surface area contributed by atoms with Gasteiger partial charge in [-0.15, -0.1) is 0 Å². The van der Waals surface area contributed by atoms with Crippen molar-refractivity contribution in [1.29, 1.82) is 0 Å². The van der Waals surface area contributed by atoms with Gasteiger partial charge in [-0.05, 0) is 0 Å². The van der Waals surface area contributed by atoms with Gasteiger partial charge in [0.05, 0.1) is 0 Å². The molecule has 1 heterocycles. The number of halogens is 11. The Morgan fingerprint density at radius 2 is 1.00 bits per heavy atom. The van der Waals surface area contributed by atoms with Crippen molar-refractivity contribution in [2.45, 2.75) is 24.3 Å². The van der Waals surface area contributed by atoms with Crippen molar-refractivity contribution in [1.82, 2.24) is 4.90 Å². The number of morpholine rings is 1. The fourth-order valence-corrected chi connectivity index (χ4v) is 1.05. The molecule has 0 spiro atoms. The summed E-state index contributed by atoms with van der Waals surface area (Å²) >= 11 is 0. The minimum Gasteiger partial charge on any atom is -0.242 e. The summed E-state index contributed by atoms with van der Waals surface area (Å²) < 4.78 is 138. The maximum atomic E-state index is 12.7. The Bertz CT molecular complexity index is 385. The van der Waals surface area contributed by atoms with Gasteiger partial charge in [0.15, 0.2) is 0 Å². The summed E-state index contributed by atoms with van der Waals surface area (Å²) in [5.41, 5.74) is 0. The van der Waals surface area contributed by atoms with Crippen LogP contribution in [0.2, 0.25) is 0 Å². The summed E-state index contributed by atoms with van der Waals surface area (Å²) in [6.07, 6.45) is -16.6. The average Bonchev–Trinajstić information content (AvgIpc) is 2.12. The maximum absolute atomic E-state index is 12.7. The van der Waals surface area contributed by atoms with Crippen molar-refractivity contribution in [2.24, 2.45) is 0 Å². The first-order valence-corrected chi connectivity index (χ1v) is 3.91. The third-order valence-corrected chi connectivity index (χ3v) is 1.87. The molecule has 0 aliphatic carbocycles. The van der Waals surface area contributed by atoms with Gasteiger partial charge in [-0.2, -0.15) is 48.3 Å². The monoisotopic (exact) mass is 311 g/mol. The van der Waals surface area contributed by atoms with E-state index in [9.17, 15) is 48.3 Å². The highest BCUT2D eigenvalue weighted by Crippen LogP contribution is 2.57. The molecular weight excluding hydrogens is 311 g/mol. The lowest BCUT2D eigenvalue weighted by molar-refractivity contribution is -0.559. The summed E-state index contributed by atoms with van der Waals surface area (Å²) in [5.74, 6) is -3.93. The van der Waals surface area contributed by atoms with Crippen LogP contribution in [0.15, 0.2) is 12.0 Å². The Morgan fingerprint density at radius 3 is 1.26 bits per heavy atom. The van der Waals surface area contributed by atoms with E-state index in [1.807, 2.05) is 4.74 Å². The van der Waals surface area contributed by atoms with Crippen molar-refractivity contribution in [3.8, 4) is 0 Å². The Morgan fingerprint density at radius 1 is 0.684 bits per heavy atom. The van der Waals surface area contributed by atoms with Crippen molar-refractivity contribution in [2.75, 3.05) is 0 Å². The smallest absolute Gasteiger partial charge is 0.242 e. The second-order valence-corrected chi connectivity index (χ2v) is 3.10. The summed E-state index contributed by atoms with van der Waals surface area (Å²) in [7, 11) is 0. The molecule has 19 heavy (non-hydrogen) atoms. The van der Waals surface area contributed by atoms with Crippen LogP contribution in [0.3, 0.4) is 0 Å². The number of alkyl halides is 8. The lowest BCUT2D eigenvalue weighted by atomic mass is 10.3. The number of nitrogens with zero attached hydrogens (tertiary/aromatic N) is 1. The number of hydrogen-bond donors (Lipinski definition) is 0. The quantitative estimate of drug-likeness (QED) is 0.540. The topological polar surface area (TPSA) is 12.5 Å². The van der Waals surface area contributed by atoms with Gasteiger partial charge in [-0.1, -0.05) is 0 Å². The van der Waals surface area contributed by atoms with Crippen molar-refractivity contribution < 1.29 is 53.0 Å². The normalized spacial score (nSPS) is 27.0. The zero-order valence-electron chi connectivity index (χ0n) is 8.01. The van der Waals surface area contributed by atoms with Crippen molar-refractivity contribution >= 4 is 0 Å². The van der Waals surface area contributed by atoms with E-state index in [2.05, 4.69) is 0 Å². The molecule has 0 aromatic carbocycles. The summed E-state index contributed by atoms with van der Waals surface area (Å²) in [5, 5.41) is 0. The molecule has 2 nitrogen and oxygen atoms in total. The number of rotatable bonds is 1. The van der Waals surface area contributed by atoms with Crippen LogP contribution >= 0.6 is 0 Å². The zero-order valence-corrected chi connectivity index (χ0v) is 8.01. The first-order chi connectivity index (χ1) is 8.18. The highest BCUT2D eigenvalue weighted by molar-refractivity contribution is 5.05. The van der Waals surface area contributed by atoms with E-state index in [0.29, 0.717) is 0 Å².